The number of ketones is 1. The molecule has 212 valence electrons. The van der Waals surface area contributed by atoms with E-state index >= 15 is 0 Å². The van der Waals surface area contributed by atoms with E-state index in [0.29, 0.717) is 59.9 Å². The molecule has 4 rings (SSSR count). The molecule has 3 aromatic rings. The first-order valence-corrected chi connectivity index (χ1v) is 13.8. The minimum Gasteiger partial charge on any atom is -0.507 e. The Hall–Kier alpha value is -4.20. The van der Waals surface area contributed by atoms with Crippen LogP contribution in [0.25, 0.3) is 5.76 Å². The molecule has 2 aromatic carbocycles. The van der Waals surface area contributed by atoms with E-state index in [0.717, 1.165) is 12.8 Å². The number of ether oxygens (including phenoxy) is 3. The normalized spacial score (nSPS) is 16.5. The van der Waals surface area contributed by atoms with Crippen molar-refractivity contribution in [3.63, 3.8) is 0 Å². The average molecular weight is 548 g/mol. The van der Waals surface area contributed by atoms with E-state index < -0.39 is 17.7 Å². The van der Waals surface area contributed by atoms with Gasteiger partial charge >= 0.3 is 0 Å². The van der Waals surface area contributed by atoms with E-state index in [1.165, 1.54) is 11.2 Å². The average Bonchev–Trinajstić information content (AvgIpc) is 3.55. The first-order valence-electron chi connectivity index (χ1n) is 13.8. The number of hydrogen-bond acceptors (Lipinski definition) is 7. The van der Waals surface area contributed by atoms with Gasteiger partial charge in [-0.25, -0.2) is 0 Å². The maximum absolute atomic E-state index is 13.4. The summed E-state index contributed by atoms with van der Waals surface area (Å²) in [5.41, 5.74) is 1.01. The Balaban J connectivity index is 1.77. The molecule has 0 spiro atoms. The van der Waals surface area contributed by atoms with Gasteiger partial charge in [-0.05, 0) is 79.8 Å². The third-order valence-corrected chi connectivity index (χ3v) is 6.58. The van der Waals surface area contributed by atoms with Crippen LogP contribution in [0.1, 0.15) is 63.5 Å². The molecule has 8 nitrogen and oxygen atoms in total. The Morgan fingerprint density at radius 3 is 2.40 bits per heavy atom. The van der Waals surface area contributed by atoms with Crippen molar-refractivity contribution < 1.29 is 33.3 Å². The molecular weight excluding hydrogens is 510 g/mol. The van der Waals surface area contributed by atoms with E-state index in [1.54, 1.807) is 54.6 Å². The van der Waals surface area contributed by atoms with Crippen LogP contribution >= 0.6 is 0 Å². The van der Waals surface area contributed by atoms with Gasteiger partial charge in [-0.2, -0.15) is 0 Å². The lowest BCUT2D eigenvalue weighted by molar-refractivity contribution is -0.140. The number of furan rings is 1. The van der Waals surface area contributed by atoms with Crippen LogP contribution in [0.4, 0.5) is 0 Å². The van der Waals surface area contributed by atoms with Gasteiger partial charge in [-0.3, -0.25) is 9.59 Å². The van der Waals surface area contributed by atoms with Crippen molar-refractivity contribution in [2.45, 2.75) is 53.1 Å². The number of rotatable bonds is 13. The van der Waals surface area contributed by atoms with Crippen molar-refractivity contribution in [1.29, 1.82) is 0 Å². The van der Waals surface area contributed by atoms with Gasteiger partial charge in [0.05, 0.1) is 44.2 Å². The van der Waals surface area contributed by atoms with E-state index in [1.807, 2.05) is 13.8 Å². The summed E-state index contributed by atoms with van der Waals surface area (Å²) in [6.07, 6.45) is 3.27. The fourth-order valence-corrected chi connectivity index (χ4v) is 4.53. The summed E-state index contributed by atoms with van der Waals surface area (Å²) in [6.45, 7) is 9.72. The van der Waals surface area contributed by atoms with Crippen molar-refractivity contribution in [1.82, 2.24) is 4.90 Å². The number of aliphatic hydroxyl groups is 1. The minimum absolute atomic E-state index is 0.00490. The molecule has 8 heteroatoms. The van der Waals surface area contributed by atoms with Gasteiger partial charge in [0.25, 0.3) is 11.7 Å². The van der Waals surface area contributed by atoms with Crippen LogP contribution in [0.5, 0.6) is 17.2 Å². The molecule has 1 aliphatic rings. The standard InChI is InChI=1S/C32H37NO7/c1-5-16-38-24-12-9-22(10-13-24)30(34)28-29(33(32(36)31(28)35)20-25-8-7-17-39-25)23-11-14-26(27(19-23)37-6-2)40-18-15-21(3)4/h7-14,17,19,21,29,34H,5-6,15-16,18,20H2,1-4H3/b30-28+. The molecule has 1 amide bonds. The third-order valence-electron chi connectivity index (χ3n) is 6.58. The van der Waals surface area contributed by atoms with Crippen molar-refractivity contribution in [3.05, 3.63) is 83.3 Å². The number of likely N-dealkylation sites (tertiary alicyclic amines) is 1. The Labute approximate surface area is 235 Å². The fraction of sp³-hybridized carbons (Fsp3) is 0.375. The second-order valence-electron chi connectivity index (χ2n) is 10.0. The predicted octanol–water partition coefficient (Wildman–Crippen LogP) is 6.51. The molecule has 1 unspecified atom stereocenters. The molecule has 0 saturated carbocycles. The van der Waals surface area contributed by atoms with Gasteiger partial charge in [0.1, 0.15) is 17.3 Å². The molecule has 40 heavy (non-hydrogen) atoms. The Kier molecular flexibility index (Phi) is 9.53. The van der Waals surface area contributed by atoms with E-state index in [2.05, 4.69) is 13.8 Å². The summed E-state index contributed by atoms with van der Waals surface area (Å²) in [6, 6.07) is 14.8. The Morgan fingerprint density at radius 1 is 0.975 bits per heavy atom. The summed E-state index contributed by atoms with van der Waals surface area (Å²) < 4.78 is 23.0. The summed E-state index contributed by atoms with van der Waals surface area (Å²) in [5.74, 6) is 0.995. The van der Waals surface area contributed by atoms with Crippen LogP contribution < -0.4 is 14.2 Å². The molecule has 0 aliphatic carbocycles. The molecule has 1 fully saturated rings. The molecule has 1 aromatic heterocycles. The second-order valence-corrected chi connectivity index (χ2v) is 10.0. The van der Waals surface area contributed by atoms with E-state index in [9.17, 15) is 14.7 Å². The zero-order chi connectivity index (χ0) is 28.6. The lowest BCUT2D eigenvalue weighted by Gasteiger charge is -2.25. The van der Waals surface area contributed by atoms with Gasteiger partial charge < -0.3 is 28.6 Å². The molecule has 0 bridgehead atoms. The highest BCUT2D eigenvalue weighted by atomic mass is 16.5. The highest BCUT2D eigenvalue weighted by molar-refractivity contribution is 6.46. The molecule has 1 N–H and O–H groups in total. The largest absolute Gasteiger partial charge is 0.507 e. The monoisotopic (exact) mass is 547 g/mol. The third kappa shape index (κ3) is 6.50. The quantitative estimate of drug-likeness (QED) is 0.148. The number of nitrogens with zero attached hydrogens (tertiary/aromatic N) is 1. The first kappa shape index (κ1) is 28.8. The summed E-state index contributed by atoms with van der Waals surface area (Å²) in [4.78, 5) is 28.2. The summed E-state index contributed by atoms with van der Waals surface area (Å²) in [7, 11) is 0. The fourth-order valence-electron chi connectivity index (χ4n) is 4.53. The highest BCUT2D eigenvalue weighted by Gasteiger charge is 2.46. The zero-order valence-electron chi connectivity index (χ0n) is 23.5. The van der Waals surface area contributed by atoms with Crippen molar-refractivity contribution in [3.8, 4) is 17.2 Å². The smallest absolute Gasteiger partial charge is 0.296 e. The minimum atomic E-state index is -0.870. The maximum Gasteiger partial charge on any atom is 0.296 e. The van der Waals surface area contributed by atoms with Crippen LogP contribution in [-0.4, -0.2) is 41.5 Å². The van der Waals surface area contributed by atoms with Crippen LogP contribution in [0, 0.1) is 5.92 Å². The summed E-state index contributed by atoms with van der Waals surface area (Å²) in [5, 5.41) is 11.4. The summed E-state index contributed by atoms with van der Waals surface area (Å²) >= 11 is 0. The van der Waals surface area contributed by atoms with Gasteiger partial charge in [0.2, 0.25) is 0 Å². The van der Waals surface area contributed by atoms with Crippen LogP contribution in [-0.2, 0) is 16.1 Å². The van der Waals surface area contributed by atoms with Gasteiger partial charge in [-0.1, -0.05) is 26.8 Å². The van der Waals surface area contributed by atoms with Gasteiger partial charge in [0.15, 0.2) is 11.5 Å². The number of carbonyl (C=O) groups excluding carboxylic acids is 2. The molecule has 0 radical (unpaired) electrons. The van der Waals surface area contributed by atoms with Crippen molar-refractivity contribution in [2.75, 3.05) is 19.8 Å². The van der Waals surface area contributed by atoms with E-state index in [-0.39, 0.29) is 17.9 Å². The van der Waals surface area contributed by atoms with Gasteiger partial charge in [0, 0.05) is 5.56 Å². The zero-order valence-corrected chi connectivity index (χ0v) is 23.5. The van der Waals surface area contributed by atoms with Crippen molar-refractivity contribution >= 4 is 17.4 Å². The first-order chi connectivity index (χ1) is 19.3. The number of carbonyl (C=O) groups is 2. The maximum atomic E-state index is 13.4. The molecule has 1 atom stereocenters. The number of Topliss-reactive ketones (excluding diaryl/α,β-unsaturated/α-hetero) is 1. The van der Waals surface area contributed by atoms with Crippen LogP contribution in [0.3, 0.4) is 0 Å². The lowest BCUT2D eigenvalue weighted by atomic mass is 9.95. The number of amides is 1. The highest BCUT2D eigenvalue weighted by Crippen LogP contribution is 2.43. The lowest BCUT2D eigenvalue weighted by Crippen LogP contribution is -2.29. The topological polar surface area (TPSA) is 98.4 Å². The molecule has 2 heterocycles. The Bertz CT molecular complexity index is 1330. The number of hydrogen-bond donors (Lipinski definition) is 1. The van der Waals surface area contributed by atoms with Crippen LogP contribution in [0.15, 0.2) is 70.9 Å². The number of aliphatic hydroxyl groups excluding tert-OH is 1. The Morgan fingerprint density at radius 2 is 1.75 bits per heavy atom. The molecular formula is C32H37NO7. The molecule has 1 aliphatic heterocycles. The predicted molar refractivity (Wildman–Crippen MR) is 151 cm³/mol. The molecule has 1 saturated heterocycles. The van der Waals surface area contributed by atoms with Gasteiger partial charge in [-0.15, -0.1) is 0 Å². The SMILES string of the molecule is CCCOc1ccc(/C(O)=C2\C(=O)C(=O)N(Cc3ccco3)C2c2ccc(OCCC(C)C)c(OCC)c2)cc1. The van der Waals surface area contributed by atoms with Crippen molar-refractivity contribution in [2.24, 2.45) is 5.92 Å². The van der Waals surface area contributed by atoms with E-state index in [4.69, 9.17) is 18.6 Å². The second kappa shape index (κ2) is 13.2. The van der Waals surface area contributed by atoms with Crippen LogP contribution in [0.2, 0.25) is 0 Å². The number of benzene rings is 2.